The third kappa shape index (κ3) is 4.83. The summed E-state index contributed by atoms with van der Waals surface area (Å²) >= 11 is 0. The van der Waals surface area contributed by atoms with E-state index in [4.69, 9.17) is 5.73 Å². The smallest absolute Gasteiger partial charge is 0.227 e. The van der Waals surface area contributed by atoms with Crippen molar-refractivity contribution in [2.75, 3.05) is 25.9 Å². The highest BCUT2D eigenvalue weighted by atomic mass is 16.2. The van der Waals surface area contributed by atoms with Crippen molar-refractivity contribution in [3.8, 4) is 0 Å². The van der Waals surface area contributed by atoms with Gasteiger partial charge in [0.1, 0.15) is 0 Å². The lowest BCUT2D eigenvalue weighted by atomic mass is 10.0. The topological polar surface area (TPSA) is 49.6 Å². The molecule has 1 aliphatic rings. The molecule has 1 aliphatic heterocycles. The molecular formula is C21H27N3O. The van der Waals surface area contributed by atoms with Gasteiger partial charge in [-0.3, -0.25) is 9.69 Å². The third-order valence-corrected chi connectivity index (χ3v) is 5.01. The van der Waals surface area contributed by atoms with Crippen LogP contribution in [0.3, 0.4) is 0 Å². The molecule has 1 unspecified atom stereocenters. The van der Waals surface area contributed by atoms with E-state index in [1.165, 1.54) is 5.56 Å². The molecule has 4 heteroatoms. The van der Waals surface area contributed by atoms with Crippen molar-refractivity contribution >= 4 is 11.6 Å². The predicted octanol–water partition coefficient (Wildman–Crippen LogP) is 2.93. The number of rotatable bonds is 5. The number of nitrogen functional groups attached to an aromatic ring is 1. The fourth-order valence-corrected chi connectivity index (χ4v) is 3.47. The number of carbonyl (C=O) groups is 1. The van der Waals surface area contributed by atoms with E-state index < -0.39 is 0 Å². The predicted molar refractivity (Wildman–Crippen MR) is 102 cm³/mol. The molecule has 0 aromatic heterocycles. The molecule has 1 atom stereocenters. The highest BCUT2D eigenvalue weighted by Crippen LogP contribution is 2.18. The highest BCUT2D eigenvalue weighted by molar-refractivity contribution is 5.79. The molecule has 4 nitrogen and oxygen atoms in total. The quantitative estimate of drug-likeness (QED) is 0.854. The molecule has 3 rings (SSSR count). The van der Waals surface area contributed by atoms with Crippen LogP contribution in [0.2, 0.25) is 0 Å². The Kier molecular flexibility index (Phi) is 5.71. The first-order valence-electron chi connectivity index (χ1n) is 8.98. The van der Waals surface area contributed by atoms with Crippen molar-refractivity contribution in [2.24, 2.45) is 0 Å². The summed E-state index contributed by atoms with van der Waals surface area (Å²) in [5.74, 6) is 0.177. The van der Waals surface area contributed by atoms with Crippen LogP contribution in [0.4, 0.5) is 5.69 Å². The van der Waals surface area contributed by atoms with Gasteiger partial charge in [-0.25, -0.2) is 0 Å². The summed E-state index contributed by atoms with van der Waals surface area (Å²) in [5.41, 5.74) is 8.79. The van der Waals surface area contributed by atoms with Crippen LogP contribution in [0.5, 0.6) is 0 Å². The first-order valence-corrected chi connectivity index (χ1v) is 8.98. The zero-order chi connectivity index (χ0) is 17.6. The van der Waals surface area contributed by atoms with Gasteiger partial charge < -0.3 is 10.6 Å². The van der Waals surface area contributed by atoms with Gasteiger partial charge >= 0.3 is 0 Å². The van der Waals surface area contributed by atoms with Crippen LogP contribution < -0.4 is 5.73 Å². The van der Waals surface area contributed by atoms with Gasteiger partial charge in [-0.15, -0.1) is 0 Å². The highest BCUT2D eigenvalue weighted by Gasteiger charge is 2.26. The second-order valence-corrected chi connectivity index (χ2v) is 6.94. The van der Waals surface area contributed by atoms with Crippen molar-refractivity contribution in [3.63, 3.8) is 0 Å². The molecule has 25 heavy (non-hydrogen) atoms. The normalized spacial score (nSPS) is 18.0. The minimum absolute atomic E-state index is 0.177. The lowest BCUT2D eigenvalue weighted by Crippen LogP contribution is -2.48. The number of hydrogen-bond donors (Lipinski definition) is 1. The van der Waals surface area contributed by atoms with Crippen LogP contribution in [0.25, 0.3) is 0 Å². The van der Waals surface area contributed by atoms with Gasteiger partial charge in [0.2, 0.25) is 5.91 Å². The van der Waals surface area contributed by atoms with Gasteiger partial charge in [-0.1, -0.05) is 42.5 Å². The number of piperidine rings is 1. The van der Waals surface area contributed by atoms with E-state index in [1.807, 2.05) is 42.3 Å². The Morgan fingerprint density at radius 2 is 1.84 bits per heavy atom. The summed E-state index contributed by atoms with van der Waals surface area (Å²) in [7, 11) is 1.94. The van der Waals surface area contributed by atoms with Crippen LogP contribution in [-0.2, 0) is 17.8 Å². The lowest BCUT2D eigenvalue weighted by Gasteiger charge is -2.37. The number of nitrogens with two attached hydrogens (primary N) is 1. The molecule has 132 valence electrons. The Balaban J connectivity index is 1.56. The Morgan fingerprint density at radius 1 is 1.12 bits per heavy atom. The van der Waals surface area contributed by atoms with E-state index in [2.05, 4.69) is 29.2 Å². The van der Waals surface area contributed by atoms with Crippen molar-refractivity contribution in [1.29, 1.82) is 0 Å². The average Bonchev–Trinajstić information content (AvgIpc) is 2.64. The zero-order valence-electron chi connectivity index (χ0n) is 14.9. The summed E-state index contributed by atoms with van der Waals surface area (Å²) in [4.78, 5) is 17.0. The van der Waals surface area contributed by atoms with Crippen molar-refractivity contribution in [3.05, 3.63) is 65.7 Å². The molecule has 0 bridgehead atoms. The molecule has 0 radical (unpaired) electrons. The molecule has 0 aliphatic carbocycles. The molecule has 0 saturated carbocycles. The molecule has 2 aromatic carbocycles. The molecular weight excluding hydrogens is 310 g/mol. The summed E-state index contributed by atoms with van der Waals surface area (Å²) < 4.78 is 0. The minimum Gasteiger partial charge on any atom is -0.399 e. The van der Waals surface area contributed by atoms with Gasteiger partial charge in [0.25, 0.3) is 0 Å². The van der Waals surface area contributed by atoms with Crippen molar-refractivity contribution in [1.82, 2.24) is 9.80 Å². The maximum absolute atomic E-state index is 12.6. The maximum Gasteiger partial charge on any atom is 0.227 e. The van der Waals surface area contributed by atoms with Crippen molar-refractivity contribution < 1.29 is 4.79 Å². The zero-order valence-corrected chi connectivity index (χ0v) is 14.9. The van der Waals surface area contributed by atoms with E-state index in [0.717, 1.165) is 43.7 Å². The lowest BCUT2D eigenvalue weighted by molar-refractivity contribution is -0.132. The Labute approximate surface area is 150 Å². The van der Waals surface area contributed by atoms with Crippen molar-refractivity contribution in [2.45, 2.75) is 31.8 Å². The Hall–Kier alpha value is -2.33. The molecule has 2 aromatic rings. The van der Waals surface area contributed by atoms with E-state index >= 15 is 0 Å². The molecule has 1 fully saturated rings. The van der Waals surface area contributed by atoms with Crippen LogP contribution in [0, 0.1) is 0 Å². The van der Waals surface area contributed by atoms with Crippen LogP contribution in [0.15, 0.2) is 54.6 Å². The van der Waals surface area contributed by atoms with Gasteiger partial charge in [-0.05, 0) is 42.6 Å². The summed E-state index contributed by atoms with van der Waals surface area (Å²) in [5, 5.41) is 0. The molecule has 1 heterocycles. The fraction of sp³-hybridized carbons (Fsp3) is 0.381. The number of amides is 1. The van der Waals surface area contributed by atoms with E-state index in [0.29, 0.717) is 12.5 Å². The standard InChI is InChI=1S/C21H27N3O/c1-23(21(25)14-17-9-11-19(22)12-10-17)20-8-5-13-24(16-20)15-18-6-3-2-4-7-18/h2-4,6-7,9-12,20H,5,8,13-16,22H2,1H3. The monoisotopic (exact) mass is 337 g/mol. The van der Waals surface area contributed by atoms with Gasteiger partial charge in [-0.2, -0.15) is 0 Å². The number of nitrogens with zero attached hydrogens (tertiary/aromatic N) is 2. The Bertz CT molecular complexity index is 684. The largest absolute Gasteiger partial charge is 0.399 e. The first kappa shape index (κ1) is 17.5. The van der Waals surface area contributed by atoms with Crippen LogP contribution in [-0.4, -0.2) is 41.9 Å². The summed E-state index contributed by atoms with van der Waals surface area (Å²) in [6.45, 7) is 3.00. The Morgan fingerprint density at radius 3 is 2.56 bits per heavy atom. The maximum atomic E-state index is 12.6. The fourth-order valence-electron chi connectivity index (χ4n) is 3.47. The second-order valence-electron chi connectivity index (χ2n) is 6.94. The summed E-state index contributed by atoms with van der Waals surface area (Å²) in [6, 6.07) is 18.4. The molecule has 0 spiro atoms. The van der Waals surface area contributed by atoms with Gasteiger partial charge in [0.05, 0.1) is 6.42 Å². The number of likely N-dealkylation sites (tertiary alicyclic amines) is 1. The van der Waals surface area contributed by atoms with E-state index in [-0.39, 0.29) is 5.91 Å². The molecule has 2 N–H and O–H groups in total. The van der Waals surface area contributed by atoms with E-state index in [1.54, 1.807) is 0 Å². The van der Waals surface area contributed by atoms with Gasteiger partial charge in [0, 0.05) is 31.9 Å². The first-order chi connectivity index (χ1) is 12.1. The average molecular weight is 337 g/mol. The summed E-state index contributed by atoms with van der Waals surface area (Å²) in [6.07, 6.45) is 2.65. The van der Waals surface area contributed by atoms with Gasteiger partial charge in [0.15, 0.2) is 0 Å². The number of anilines is 1. The minimum atomic E-state index is 0.177. The SMILES string of the molecule is CN(C(=O)Cc1ccc(N)cc1)C1CCCN(Cc2ccccc2)C1. The van der Waals surface area contributed by atoms with E-state index in [9.17, 15) is 4.79 Å². The number of benzene rings is 2. The second kappa shape index (κ2) is 8.17. The van der Waals surface area contributed by atoms with Crippen LogP contribution in [0.1, 0.15) is 24.0 Å². The molecule has 1 amide bonds. The number of carbonyl (C=O) groups excluding carboxylic acids is 1. The molecule has 1 saturated heterocycles. The number of likely N-dealkylation sites (N-methyl/N-ethyl adjacent to an activating group) is 1. The number of hydrogen-bond acceptors (Lipinski definition) is 3. The third-order valence-electron chi connectivity index (χ3n) is 5.01. The van der Waals surface area contributed by atoms with Crippen LogP contribution >= 0.6 is 0 Å².